The maximum absolute atomic E-state index is 13.5. The van der Waals surface area contributed by atoms with Crippen molar-refractivity contribution in [2.24, 2.45) is 5.92 Å². The number of anilines is 2. The molecule has 0 unspecified atom stereocenters. The van der Waals surface area contributed by atoms with Crippen molar-refractivity contribution in [1.82, 2.24) is 9.97 Å². The topological polar surface area (TPSA) is 58.1 Å². The summed E-state index contributed by atoms with van der Waals surface area (Å²) in [5.74, 6) is 0.501. The first-order valence-corrected chi connectivity index (χ1v) is 11.2. The summed E-state index contributed by atoms with van der Waals surface area (Å²) in [6.07, 6.45) is 4.89. The van der Waals surface area contributed by atoms with Crippen LogP contribution in [0.25, 0.3) is 0 Å². The minimum absolute atomic E-state index is 0.0148. The number of halogens is 1. The molecule has 1 aromatic heterocycles. The molecular formula is C24H25FN4OS. The number of rotatable bonds is 5. The summed E-state index contributed by atoms with van der Waals surface area (Å²) in [4.78, 5) is 25.1. The van der Waals surface area contributed by atoms with E-state index in [2.05, 4.69) is 51.4 Å². The van der Waals surface area contributed by atoms with Gasteiger partial charge in [0, 0.05) is 42.0 Å². The first kappa shape index (κ1) is 21.3. The number of aromatic nitrogens is 2. The molecule has 1 N–H and O–H groups in total. The molecule has 1 saturated heterocycles. The lowest BCUT2D eigenvalue weighted by Crippen LogP contribution is -2.38. The number of carbonyl (C=O) groups excluding carboxylic acids is 1. The lowest BCUT2D eigenvalue weighted by atomic mass is 9.96. The SMILES string of the molecule is Cc1ccc(Sc2nccnc2N2CCC(C(=O)Nc3ccc(F)c(C)c3)CC2)cc1. The normalized spacial score (nSPS) is 14.5. The molecule has 0 saturated carbocycles. The number of piperidine rings is 1. The first-order chi connectivity index (χ1) is 15.0. The molecule has 2 heterocycles. The smallest absolute Gasteiger partial charge is 0.227 e. The lowest BCUT2D eigenvalue weighted by molar-refractivity contribution is -0.120. The Hall–Kier alpha value is -2.93. The zero-order chi connectivity index (χ0) is 21.8. The Morgan fingerprint density at radius 1 is 1.06 bits per heavy atom. The second-order valence-electron chi connectivity index (χ2n) is 7.81. The molecule has 2 aromatic carbocycles. The molecule has 3 aromatic rings. The summed E-state index contributed by atoms with van der Waals surface area (Å²) in [7, 11) is 0. The number of amides is 1. The highest BCUT2D eigenvalue weighted by atomic mass is 32.2. The van der Waals surface area contributed by atoms with E-state index in [1.54, 1.807) is 43.2 Å². The van der Waals surface area contributed by atoms with Crippen molar-refractivity contribution in [3.63, 3.8) is 0 Å². The fourth-order valence-corrected chi connectivity index (χ4v) is 4.53. The van der Waals surface area contributed by atoms with Crippen molar-refractivity contribution in [3.05, 3.63) is 71.8 Å². The van der Waals surface area contributed by atoms with Gasteiger partial charge in [-0.3, -0.25) is 4.79 Å². The van der Waals surface area contributed by atoms with Crippen LogP contribution in [0.2, 0.25) is 0 Å². The first-order valence-electron chi connectivity index (χ1n) is 10.4. The molecule has 0 aliphatic carbocycles. The lowest BCUT2D eigenvalue weighted by Gasteiger charge is -2.32. The summed E-state index contributed by atoms with van der Waals surface area (Å²) in [5.41, 5.74) is 2.38. The Labute approximate surface area is 186 Å². The summed E-state index contributed by atoms with van der Waals surface area (Å²) in [6, 6.07) is 13.0. The average molecular weight is 437 g/mol. The fourth-order valence-electron chi connectivity index (χ4n) is 3.65. The number of carbonyl (C=O) groups is 1. The van der Waals surface area contributed by atoms with Crippen LogP contribution in [-0.2, 0) is 4.79 Å². The van der Waals surface area contributed by atoms with E-state index >= 15 is 0 Å². The van der Waals surface area contributed by atoms with Crippen LogP contribution in [0, 0.1) is 25.6 Å². The van der Waals surface area contributed by atoms with Crippen molar-refractivity contribution in [2.45, 2.75) is 36.6 Å². The molecule has 4 rings (SSSR count). The van der Waals surface area contributed by atoms with Gasteiger partial charge in [-0.15, -0.1) is 0 Å². The Morgan fingerprint density at radius 3 is 2.48 bits per heavy atom. The third kappa shape index (κ3) is 5.22. The van der Waals surface area contributed by atoms with Gasteiger partial charge in [0.25, 0.3) is 0 Å². The predicted octanol–water partition coefficient (Wildman–Crippen LogP) is 5.24. The van der Waals surface area contributed by atoms with Crippen LogP contribution in [0.5, 0.6) is 0 Å². The average Bonchev–Trinajstić information content (AvgIpc) is 2.78. The summed E-state index contributed by atoms with van der Waals surface area (Å²) < 4.78 is 13.5. The van der Waals surface area contributed by atoms with E-state index in [9.17, 15) is 9.18 Å². The summed E-state index contributed by atoms with van der Waals surface area (Å²) in [5, 5.41) is 3.80. The van der Waals surface area contributed by atoms with Crippen molar-refractivity contribution in [1.29, 1.82) is 0 Å². The monoisotopic (exact) mass is 436 g/mol. The molecule has 1 aliphatic heterocycles. The summed E-state index contributed by atoms with van der Waals surface area (Å²) >= 11 is 1.60. The van der Waals surface area contributed by atoms with E-state index in [1.165, 1.54) is 11.6 Å². The zero-order valence-electron chi connectivity index (χ0n) is 17.6. The van der Waals surface area contributed by atoms with E-state index in [0.29, 0.717) is 11.3 Å². The van der Waals surface area contributed by atoms with Gasteiger partial charge in [-0.05, 0) is 62.6 Å². The van der Waals surface area contributed by atoms with E-state index in [4.69, 9.17) is 0 Å². The second-order valence-corrected chi connectivity index (χ2v) is 8.88. The van der Waals surface area contributed by atoms with Gasteiger partial charge < -0.3 is 10.2 Å². The molecule has 0 spiro atoms. The number of benzene rings is 2. The van der Waals surface area contributed by atoms with E-state index in [1.807, 2.05) is 0 Å². The predicted molar refractivity (Wildman–Crippen MR) is 122 cm³/mol. The van der Waals surface area contributed by atoms with Crippen LogP contribution in [-0.4, -0.2) is 29.0 Å². The molecule has 0 bridgehead atoms. The Bertz CT molecular complexity index is 1070. The van der Waals surface area contributed by atoms with Crippen LogP contribution in [0.15, 0.2) is 64.8 Å². The third-order valence-electron chi connectivity index (χ3n) is 5.47. The zero-order valence-corrected chi connectivity index (χ0v) is 18.5. The quantitative estimate of drug-likeness (QED) is 0.593. The standard InChI is InChI=1S/C24H25FN4OS/c1-16-3-6-20(7-4-16)31-24-22(26-11-12-27-24)29-13-9-18(10-14-29)23(30)28-19-5-8-21(25)17(2)15-19/h3-8,11-12,15,18H,9-10,13-14H2,1-2H3,(H,28,30). The van der Waals surface area contributed by atoms with Crippen LogP contribution >= 0.6 is 11.8 Å². The van der Waals surface area contributed by atoms with Gasteiger partial charge in [0.05, 0.1) is 0 Å². The number of nitrogens with zero attached hydrogens (tertiary/aromatic N) is 3. The van der Waals surface area contributed by atoms with Crippen LogP contribution < -0.4 is 10.2 Å². The van der Waals surface area contributed by atoms with Crippen LogP contribution in [0.3, 0.4) is 0 Å². The van der Waals surface area contributed by atoms with Gasteiger partial charge in [-0.25, -0.2) is 14.4 Å². The third-order valence-corrected chi connectivity index (χ3v) is 6.46. The molecule has 1 fully saturated rings. The van der Waals surface area contributed by atoms with Gasteiger partial charge >= 0.3 is 0 Å². The second kappa shape index (κ2) is 9.47. The Kier molecular flexibility index (Phi) is 6.51. The minimum atomic E-state index is -0.269. The van der Waals surface area contributed by atoms with Gasteiger partial charge in [-0.1, -0.05) is 29.5 Å². The Morgan fingerprint density at radius 2 is 1.77 bits per heavy atom. The van der Waals surface area contributed by atoms with Crippen LogP contribution in [0.1, 0.15) is 24.0 Å². The molecule has 1 amide bonds. The van der Waals surface area contributed by atoms with Gasteiger partial charge in [-0.2, -0.15) is 0 Å². The largest absolute Gasteiger partial charge is 0.354 e. The molecule has 0 radical (unpaired) electrons. The number of hydrogen-bond acceptors (Lipinski definition) is 5. The van der Waals surface area contributed by atoms with Crippen molar-refractivity contribution in [2.75, 3.05) is 23.3 Å². The minimum Gasteiger partial charge on any atom is -0.354 e. The molecule has 5 nitrogen and oxygen atoms in total. The Balaban J connectivity index is 1.39. The molecule has 31 heavy (non-hydrogen) atoms. The van der Waals surface area contributed by atoms with Crippen molar-refractivity contribution >= 4 is 29.2 Å². The maximum Gasteiger partial charge on any atom is 0.227 e. The highest BCUT2D eigenvalue weighted by Crippen LogP contribution is 2.34. The fraction of sp³-hybridized carbons (Fsp3) is 0.292. The molecule has 160 valence electrons. The molecule has 7 heteroatoms. The number of aryl methyl sites for hydroxylation is 2. The molecule has 0 atom stereocenters. The van der Waals surface area contributed by atoms with Crippen LogP contribution in [0.4, 0.5) is 15.9 Å². The van der Waals surface area contributed by atoms with E-state index in [0.717, 1.165) is 41.7 Å². The highest BCUT2D eigenvalue weighted by Gasteiger charge is 2.27. The van der Waals surface area contributed by atoms with Gasteiger partial charge in [0.1, 0.15) is 10.8 Å². The number of hydrogen-bond donors (Lipinski definition) is 1. The van der Waals surface area contributed by atoms with Crippen molar-refractivity contribution < 1.29 is 9.18 Å². The van der Waals surface area contributed by atoms with E-state index in [-0.39, 0.29) is 17.6 Å². The van der Waals surface area contributed by atoms with Crippen molar-refractivity contribution in [3.8, 4) is 0 Å². The number of nitrogens with one attached hydrogen (secondary N) is 1. The maximum atomic E-state index is 13.5. The molecule has 1 aliphatic rings. The highest BCUT2D eigenvalue weighted by molar-refractivity contribution is 7.99. The molecular weight excluding hydrogens is 411 g/mol. The van der Waals surface area contributed by atoms with Gasteiger partial charge in [0.2, 0.25) is 5.91 Å². The van der Waals surface area contributed by atoms with E-state index < -0.39 is 0 Å². The van der Waals surface area contributed by atoms with Gasteiger partial charge in [0.15, 0.2) is 5.82 Å². The summed E-state index contributed by atoms with van der Waals surface area (Å²) in [6.45, 7) is 5.23.